The van der Waals surface area contributed by atoms with E-state index in [4.69, 9.17) is 9.47 Å². The first-order valence-corrected chi connectivity index (χ1v) is 22.1. The van der Waals surface area contributed by atoms with Crippen LogP contribution in [0.2, 0.25) is 0 Å². The van der Waals surface area contributed by atoms with Crippen molar-refractivity contribution in [2.45, 2.75) is 174 Å². The van der Waals surface area contributed by atoms with E-state index in [0.717, 1.165) is 96.3 Å². The van der Waals surface area contributed by atoms with Gasteiger partial charge in [0, 0.05) is 12.8 Å². The molecule has 0 aliphatic heterocycles. The molecular weight excluding hydrogens is 693 g/mol. The van der Waals surface area contributed by atoms with Crippen LogP contribution in [0.25, 0.3) is 0 Å². The number of aliphatic hydroxyl groups is 1. The lowest BCUT2D eigenvalue weighted by atomic mass is 10.1. The smallest absolute Gasteiger partial charge is 0.306 e. The molecule has 0 aliphatic rings. The third-order valence-electron chi connectivity index (χ3n) is 8.75. The van der Waals surface area contributed by atoms with Crippen molar-refractivity contribution in [3.05, 3.63) is 122 Å². The van der Waals surface area contributed by atoms with Crippen molar-refractivity contribution in [3.8, 4) is 0 Å². The van der Waals surface area contributed by atoms with Gasteiger partial charge < -0.3 is 14.6 Å². The third kappa shape index (κ3) is 43.0. The maximum absolute atomic E-state index is 12.2. The molecule has 1 atom stereocenters. The number of carbonyl (C=O) groups is 2. The highest BCUT2D eigenvalue weighted by molar-refractivity contribution is 5.70. The Kier molecular flexibility index (Phi) is 42.7. The van der Waals surface area contributed by atoms with E-state index in [-0.39, 0.29) is 25.2 Å². The minimum atomic E-state index is -0.807. The maximum Gasteiger partial charge on any atom is 0.306 e. The maximum atomic E-state index is 12.2. The molecule has 0 amide bonds. The van der Waals surface area contributed by atoms with Crippen molar-refractivity contribution in [2.75, 3.05) is 13.2 Å². The first-order chi connectivity index (χ1) is 27.6. The summed E-state index contributed by atoms with van der Waals surface area (Å²) in [5.74, 6) is -0.678. The van der Waals surface area contributed by atoms with Gasteiger partial charge in [-0.15, -0.1) is 0 Å². The summed E-state index contributed by atoms with van der Waals surface area (Å²) in [6.45, 7) is 3.84. The molecule has 0 saturated heterocycles. The number of carbonyl (C=O) groups excluding carboxylic acids is 2. The molecule has 56 heavy (non-hydrogen) atoms. The van der Waals surface area contributed by atoms with Gasteiger partial charge in [-0.2, -0.15) is 0 Å². The van der Waals surface area contributed by atoms with E-state index in [1.807, 2.05) is 0 Å². The number of allylic oxidation sites excluding steroid dienone is 20. The first-order valence-electron chi connectivity index (χ1n) is 22.1. The van der Waals surface area contributed by atoms with Gasteiger partial charge in [-0.25, -0.2) is 0 Å². The Hall–Kier alpha value is -3.70. The van der Waals surface area contributed by atoms with Crippen LogP contribution in [-0.4, -0.2) is 36.4 Å². The SMILES string of the molecule is CC/C=C\C/C=C\C/C=C\C/C=C\C/C=C\CCCCCCCCCCCC(=O)OC(CO)COC(=O)CCC/C=C\C/C=C\C/C=C\C/C=C\C/C=C\CC. The average molecular weight is 773 g/mol. The van der Waals surface area contributed by atoms with Gasteiger partial charge in [-0.05, 0) is 96.3 Å². The molecule has 0 radical (unpaired) electrons. The Morgan fingerprint density at radius 1 is 0.411 bits per heavy atom. The second kappa shape index (κ2) is 45.7. The van der Waals surface area contributed by atoms with E-state index in [1.165, 1.54) is 38.5 Å². The highest BCUT2D eigenvalue weighted by Gasteiger charge is 2.16. The third-order valence-corrected chi connectivity index (χ3v) is 8.75. The van der Waals surface area contributed by atoms with E-state index >= 15 is 0 Å². The highest BCUT2D eigenvalue weighted by Crippen LogP contribution is 2.13. The van der Waals surface area contributed by atoms with Gasteiger partial charge in [-0.1, -0.05) is 180 Å². The van der Waals surface area contributed by atoms with Crippen LogP contribution in [-0.2, 0) is 19.1 Å². The fraction of sp³-hybridized carbons (Fsp3) is 0.569. The number of hydrogen-bond acceptors (Lipinski definition) is 5. The summed E-state index contributed by atoms with van der Waals surface area (Å²) >= 11 is 0. The second-order valence-electron chi connectivity index (χ2n) is 14.0. The van der Waals surface area contributed by atoms with Crippen LogP contribution in [0.1, 0.15) is 168 Å². The minimum Gasteiger partial charge on any atom is -0.462 e. The molecule has 1 unspecified atom stereocenters. The number of aliphatic hydroxyl groups excluding tert-OH is 1. The van der Waals surface area contributed by atoms with Crippen molar-refractivity contribution < 1.29 is 24.2 Å². The van der Waals surface area contributed by atoms with Crippen molar-refractivity contribution >= 4 is 11.9 Å². The molecule has 0 bridgehead atoms. The quantitative estimate of drug-likeness (QED) is 0.0384. The predicted molar refractivity (Wildman–Crippen MR) is 241 cm³/mol. The van der Waals surface area contributed by atoms with Crippen LogP contribution >= 0.6 is 0 Å². The standard InChI is InChI=1S/C51H80O5/c1-3-5-7-9-11-13-15-17-19-21-22-23-24-25-26-27-28-30-32-34-36-38-40-42-44-46-51(54)56-49(47-52)48-55-50(53)45-43-41-39-37-35-33-31-29-20-18-16-14-12-10-8-6-4-2/h5-8,11-14,17-20,22-23,25-26,31,33,37,39,49,52H,3-4,9-10,15-16,21,24,27-30,32,34-36,38,40-48H2,1-2H3/b7-5-,8-6-,13-11-,14-12-,19-17-,20-18-,23-22-,26-25-,33-31-,39-37-. The normalized spacial score (nSPS) is 13.4. The number of unbranched alkanes of at least 4 members (excludes halogenated alkanes) is 10. The lowest BCUT2D eigenvalue weighted by molar-refractivity contribution is -0.161. The van der Waals surface area contributed by atoms with Crippen LogP contribution in [0.15, 0.2) is 122 Å². The van der Waals surface area contributed by atoms with Gasteiger partial charge in [0.05, 0.1) is 6.61 Å². The van der Waals surface area contributed by atoms with E-state index < -0.39 is 6.10 Å². The number of rotatable bonds is 38. The molecule has 1 N–H and O–H groups in total. The molecule has 0 rings (SSSR count). The highest BCUT2D eigenvalue weighted by atomic mass is 16.6. The molecule has 0 spiro atoms. The Bertz CT molecular complexity index is 1190. The topological polar surface area (TPSA) is 72.8 Å². The summed E-state index contributed by atoms with van der Waals surface area (Å²) in [5.41, 5.74) is 0. The van der Waals surface area contributed by atoms with Crippen LogP contribution in [0.4, 0.5) is 0 Å². The van der Waals surface area contributed by atoms with Gasteiger partial charge in [0.15, 0.2) is 6.10 Å². The van der Waals surface area contributed by atoms with Gasteiger partial charge in [0.2, 0.25) is 0 Å². The summed E-state index contributed by atoms with van der Waals surface area (Å²) < 4.78 is 10.6. The Labute approximate surface area is 343 Å². The largest absolute Gasteiger partial charge is 0.462 e. The molecule has 0 saturated carbocycles. The van der Waals surface area contributed by atoms with Gasteiger partial charge in [-0.3, -0.25) is 9.59 Å². The lowest BCUT2D eigenvalue weighted by Gasteiger charge is -2.15. The number of esters is 2. The second-order valence-corrected chi connectivity index (χ2v) is 14.0. The number of hydrogen-bond donors (Lipinski definition) is 1. The zero-order valence-corrected chi connectivity index (χ0v) is 35.6. The molecule has 0 aromatic rings. The Morgan fingerprint density at radius 2 is 0.732 bits per heavy atom. The lowest BCUT2D eigenvalue weighted by Crippen LogP contribution is -2.28. The molecule has 0 fully saturated rings. The minimum absolute atomic E-state index is 0.106. The van der Waals surface area contributed by atoms with Gasteiger partial charge >= 0.3 is 11.9 Å². The molecule has 314 valence electrons. The fourth-order valence-corrected chi connectivity index (χ4v) is 5.50. The average Bonchev–Trinajstić information content (AvgIpc) is 3.20. The van der Waals surface area contributed by atoms with Crippen molar-refractivity contribution in [1.29, 1.82) is 0 Å². The molecular formula is C51H80O5. The predicted octanol–water partition coefficient (Wildman–Crippen LogP) is 14.4. The Morgan fingerprint density at radius 3 is 1.12 bits per heavy atom. The zero-order chi connectivity index (χ0) is 40.7. The molecule has 0 aromatic carbocycles. The van der Waals surface area contributed by atoms with Crippen LogP contribution in [0, 0.1) is 0 Å². The zero-order valence-electron chi connectivity index (χ0n) is 35.6. The molecule has 5 heteroatoms. The molecule has 0 aliphatic carbocycles. The van der Waals surface area contributed by atoms with Crippen molar-refractivity contribution in [3.63, 3.8) is 0 Å². The first kappa shape index (κ1) is 52.3. The Balaban J connectivity index is 3.67. The molecule has 0 aromatic heterocycles. The molecule has 5 nitrogen and oxygen atoms in total. The summed E-state index contributed by atoms with van der Waals surface area (Å²) in [6, 6.07) is 0. The number of ether oxygens (including phenoxy) is 2. The van der Waals surface area contributed by atoms with E-state index in [0.29, 0.717) is 19.3 Å². The van der Waals surface area contributed by atoms with E-state index in [1.54, 1.807) is 0 Å². The monoisotopic (exact) mass is 773 g/mol. The van der Waals surface area contributed by atoms with Crippen LogP contribution in [0.3, 0.4) is 0 Å². The van der Waals surface area contributed by atoms with Crippen molar-refractivity contribution in [1.82, 2.24) is 0 Å². The van der Waals surface area contributed by atoms with Gasteiger partial charge in [0.1, 0.15) is 6.61 Å². The van der Waals surface area contributed by atoms with E-state index in [9.17, 15) is 14.7 Å². The molecule has 0 heterocycles. The van der Waals surface area contributed by atoms with Crippen LogP contribution in [0.5, 0.6) is 0 Å². The summed E-state index contributed by atoms with van der Waals surface area (Å²) in [4.78, 5) is 24.3. The summed E-state index contributed by atoms with van der Waals surface area (Å²) in [7, 11) is 0. The fourth-order valence-electron chi connectivity index (χ4n) is 5.50. The summed E-state index contributed by atoms with van der Waals surface area (Å²) in [5, 5.41) is 9.58. The van der Waals surface area contributed by atoms with Gasteiger partial charge in [0.25, 0.3) is 0 Å². The summed E-state index contributed by atoms with van der Waals surface area (Å²) in [6.07, 6.45) is 67.0. The van der Waals surface area contributed by atoms with Crippen LogP contribution < -0.4 is 0 Å². The van der Waals surface area contributed by atoms with E-state index in [2.05, 4.69) is 135 Å². The van der Waals surface area contributed by atoms with Crippen molar-refractivity contribution in [2.24, 2.45) is 0 Å².